The summed E-state index contributed by atoms with van der Waals surface area (Å²) in [6.45, 7) is 11.7. The summed E-state index contributed by atoms with van der Waals surface area (Å²) in [6.07, 6.45) is 4.01. The third-order valence-corrected chi connectivity index (χ3v) is 4.87. The number of rotatable bonds is 4. The van der Waals surface area contributed by atoms with E-state index in [2.05, 4.69) is 48.8 Å². The van der Waals surface area contributed by atoms with Gasteiger partial charge in [-0.05, 0) is 48.4 Å². The van der Waals surface area contributed by atoms with E-state index < -0.39 is 0 Å². The number of hydrogen-bond donors (Lipinski definition) is 0. The van der Waals surface area contributed by atoms with E-state index in [0.29, 0.717) is 5.92 Å². The molecule has 0 unspecified atom stereocenters. The second-order valence-corrected chi connectivity index (χ2v) is 6.65. The molecule has 2 nitrogen and oxygen atoms in total. The maximum absolute atomic E-state index is 2.68. The third-order valence-electron chi connectivity index (χ3n) is 4.87. The molecule has 1 saturated carbocycles. The van der Waals surface area contributed by atoms with Crippen molar-refractivity contribution < 1.29 is 0 Å². The highest BCUT2D eigenvalue weighted by molar-refractivity contribution is 5.52. The Hall–Kier alpha value is -1.02. The smallest absolute Gasteiger partial charge is 0.0370 e. The van der Waals surface area contributed by atoms with Crippen molar-refractivity contribution in [2.24, 2.45) is 0 Å². The van der Waals surface area contributed by atoms with E-state index >= 15 is 0 Å². The van der Waals surface area contributed by atoms with Crippen LogP contribution in [-0.2, 0) is 6.42 Å². The molecule has 0 aromatic heterocycles. The second kappa shape index (κ2) is 5.77. The molecule has 1 aromatic carbocycles. The normalized spacial score (nSPS) is 20.7. The summed E-state index contributed by atoms with van der Waals surface area (Å²) in [4.78, 5) is 5.25. The van der Waals surface area contributed by atoms with Gasteiger partial charge in [0.25, 0.3) is 0 Å². The second-order valence-electron chi connectivity index (χ2n) is 6.65. The van der Waals surface area contributed by atoms with Crippen molar-refractivity contribution in [2.75, 3.05) is 31.1 Å². The lowest BCUT2D eigenvalue weighted by atomic mass is 9.95. The van der Waals surface area contributed by atoms with Crippen LogP contribution in [-0.4, -0.2) is 37.1 Å². The number of piperazine rings is 1. The van der Waals surface area contributed by atoms with Gasteiger partial charge < -0.3 is 4.90 Å². The summed E-state index contributed by atoms with van der Waals surface area (Å²) >= 11 is 0. The Bertz CT molecular complexity index is 454. The molecule has 2 aliphatic rings. The van der Waals surface area contributed by atoms with Crippen LogP contribution in [0, 0.1) is 0 Å². The molecule has 1 aromatic rings. The molecular formula is C18H28N2. The first-order chi connectivity index (χ1) is 9.69. The molecular weight excluding hydrogens is 244 g/mol. The average molecular weight is 272 g/mol. The first-order valence-electron chi connectivity index (χ1n) is 8.31. The van der Waals surface area contributed by atoms with Crippen LogP contribution in [0.15, 0.2) is 18.2 Å². The SMILES string of the molecule is CCc1cc(N2CCN(C3CC3)CC2)ccc1C(C)C. The largest absolute Gasteiger partial charge is 0.369 e. The molecule has 2 fully saturated rings. The van der Waals surface area contributed by atoms with Crippen LogP contribution in [0.4, 0.5) is 5.69 Å². The fourth-order valence-electron chi connectivity index (χ4n) is 3.44. The van der Waals surface area contributed by atoms with E-state index in [0.717, 1.165) is 12.5 Å². The van der Waals surface area contributed by atoms with Crippen LogP contribution in [0.5, 0.6) is 0 Å². The average Bonchev–Trinajstić information content (AvgIpc) is 3.31. The summed E-state index contributed by atoms with van der Waals surface area (Å²) in [5.41, 5.74) is 4.48. The maximum Gasteiger partial charge on any atom is 0.0370 e. The summed E-state index contributed by atoms with van der Waals surface area (Å²) in [5, 5.41) is 0. The Morgan fingerprint density at radius 3 is 2.35 bits per heavy atom. The lowest BCUT2D eigenvalue weighted by Gasteiger charge is -2.36. The van der Waals surface area contributed by atoms with Crippen LogP contribution in [0.3, 0.4) is 0 Å². The Kier molecular flexibility index (Phi) is 4.02. The molecule has 0 spiro atoms. The van der Waals surface area contributed by atoms with Crippen molar-refractivity contribution in [3.8, 4) is 0 Å². The van der Waals surface area contributed by atoms with Crippen molar-refractivity contribution in [3.05, 3.63) is 29.3 Å². The molecule has 0 N–H and O–H groups in total. The van der Waals surface area contributed by atoms with Gasteiger partial charge in [0.15, 0.2) is 0 Å². The maximum atomic E-state index is 2.68. The van der Waals surface area contributed by atoms with Crippen LogP contribution in [0.2, 0.25) is 0 Å². The van der Waals surface area contributed by atoms with Gasteiger partial charge in [-0.25, -0.2) is 0 Å². The minimum Gasteiger partial charge on any atom is -0.369 e. The first-order valence-corrected chi connectivity index (χ1v) is 8.31. The predicted octanol–water partition coefficient (Wildman–Crippen LogP) is 3.66. The van der Waals surface area contributed by atoms with Gasteiger partial charge in [-0.2, -0.15) is 0 Å². The Labute approximate surface area is 123 Å². The van der Waals surface area contributed by atoms with Crippen LogP contribution in [0.1, 0.15) is 50.7 Å². The van der Waals surface area contributed by atoms with Crippen molar-refractivity contribution in [3.63, 3.8) is 0 Å². The topological polar surface area (TPSA) is 6.48 Å². The van der Waals surface area contributed by atoms with Crippen molar-refractivity contribution in [2.45, 2.75) is 52.0 Å². The summed E-state index contributed by atoms with van der Waals surface area (Å²) in [5.74, 6) is 0.630. The highest BCUT2D eigenvalue weighted by Crippen LogP contribution is 2.30. The molecule has 1 aliphatic heterocycles. The lowest BCUT2D eigenvalue weighted by Crippen LogP contribution is -2.47. The number of nitrogens with zero attached hydrogens (tertiary/aromatic N) is 2. The van der Waals surface area contributed by atoms with Gasteiger partial charge in [-0.1, -0.05) is 26.8 Å². The molecule has 0 bridgehead atoms. The minimum absolute atomic E-state index is 0.630. The van der Waals surface area contributed by atoms with Crippen LogP contribution in [0.25, 0.3) is 0 Å². The van der Waals surface area contributed by atoms with E-state index in [9.17, 15) is 0 Å². The quantitative estimate of drug-likeness (QED) is 0.825. The Morgan fingerprint density at radius 1 is 1.10 bits per heavy atom. The summed E-state index contributed by atoms with van der Waals surface area (Å²) < 4.78 is 0. The molecule has 0 amide bonds. The van der Waals surface area contributed by atoms with Gasteiger partial charge in [-0.3, -0.25) is 4.90 Å². The molecule has 1 saturated heterocycles. The summed E-state index contributed by atoms with van der Waals surface area (Å²) in [6, 6.07) is 8.04. The fourth-order valence-corrected chi connectivity index (χ4v) is 3.44. The zero-order valence-electron chi connectivity index (χ0n) is 13.2. The van der Waals surface area contributed by atoms with Crippen molar-refractivity contribution in [1.82, 2.24) is 4.90 Å². The molecule has 20 heavy (non-hydrogen) atoms. The number of aryl methyl sites for hydroxylation is 1. The highest BCUT2D eigenvalue weighted by Gasteiger charge is 2.31. The van der Waals surface area contributed by atoms with Gasteiger partial charge >= 0.3 is 0 Å². The van der Waals surface area contributed by atoms with Gasteiger partial charge in [0.2, 0.25) is 0 Å². The Balaban J connectivity index is 1.70. The molecule has 0 atom stereocenters. The fraction of sp³-hybridized carbons (Fsp3) is 0.667. The lowest BCUT2D eigenvalue weighted by molar-refractivity contribution is 0.248. The first kappa shape index (κ1) is 13.9. The summed E-state index contributed by atoms with van der Waals surface area (Å²) in [7, 11) is 0. The Morgan fingerprint density at radius 2 is 1.80 bits per heavy atom. The third kappa shape index (κ3) is 2.85. The van der Waals surface area contributed by atoms with E-state index in [1.54, 1.807) is 0 Å². The van der Waals surface area contributed by atoms with Gasteiger partial charge in [0.05, 0.1) is 0 Å². The monoisotopic (exact) mass is 272 g/mol. The van der Waals surface area contributed by atoms with E-state index in [4.69, 9.17) is 0 Å². The van der Waals surface area contributed by atoms with Crippen LogP contribution < -0.4 is 4.90 Å². The van der Waals surface area contributed by atoms with Crippen molar-refractivity contribution in [1.29, 1.82) is 0 Å². The number of hydrogen-bond acceptors (Lipinski definition) is 2. The van der Waals surface area contributed by atoms with Gasteiger partial charge in [0, 0.05) is 37.9 Å². The standard InChI is InChI=1S/C18H28N2/c1-4-15-13-17(7-8-18(15)14(2)3)20-11-9-19(10-12-20)16-5-6-16/h7-8,13-14,16H,4-6,9-12H2,1-3H3. The molecule has 1 aliphatic carbocycles. The number of benzene rings is 1. The molecule has 1 heterocycles. The molecule has 3 rings (SSSR count). The van der Waals surface area contributed by atoms with Gasteiger partial charge in [-0.15, -0.1) is 0 Å². The van der Waals surface area contributed by atoms with E-state index in [1.807, 2.05) is 0 Å². The van der Waals surface area contributed by atoms with Crippen LogP contribution >= 0.6 is 0 Å². The molecule has 0 radical (unpaired) electrons. The van der Waals surface area contributed by atoms with Gasteiger partial charge in [0.1, 0.15) is 0 Å². The predicted molar refractivity (Wildman–Crippen MR) is 86.7 cm³/mol. The zero-order chi connectivity index (χ0) is 14.1. The zero-order valence-corrected chi connectivity index (χ0v) is 13.2. The minimum atomic E-state index is 0.630. The molecule has 110 valence electrons. The van der Waals surface area contributed by atoms with E-state index in [-0.39, 0.29) is 0 Å². The van der Waals surface area contributed by atoms with Crippen molar-refractivity contribution >= 4 is 5.69 Å². The van der Waals surface area contributed by atoms with E-state index in [1.165, 1.54) is 55.8 Å². The highest BCUT2D eigenvalue weighted by atomic mass is 15.3. The number of anilines is 1. The molecule has 2 heteroatoms.